The van der Waals surface area contributed by atoms with Gasteiger partial charge in [0, 0.05) is 66.4 Å². The molecule has 26 nitrogen and oxygen atoms in total. The molecule has 0 aliphatic heterocycles. The number of hydrogen-bond donors (Lipinski definition) is 4. The maximum Gasteiger partial charge on any atom is 0.412 e. The highest BCUT2D eigenvalue weighted by Gasteiger charge is 2.32. The number of methoxy groups -OCH3 is 7. The highest BCUT2D eigenvalue weighted by atomic mass is 16.6. The molecule has 5 aromatic rings. The van der Waals surface area contributed by atoms with Crippen molar-refractivity contribution in [3.05, 3.63) is 160 Å². The Morgan fingerprint density at radius 3 is 1.22 bits per heavy atom. The minimum Gasteiger partial charge on any atom is -0.477 e. The second-order valence-corrected chi connectivity index (χ2v) is 25.0. The zero-order valence-corrected chi connectivity index (χ0v) is 57.3. The third-order valence-corrected chi connectivity index (χ3v) is 17.7. The number of carboxylic acid groups (broad SMARTS) is 1. The number of amides is 1. The Morgan fingerprint density at radius 2 is 0.823 bits per heavy atom. The Labute approximate surface area is 560 Å². The second kappa shape index (κ2) is 39.9. The molecule has 0 spiro atoms. The van der Waals surface area contributed by atoms with E-state index in [4.69, 9.17) is 45.0 Å². The topological polar surface area (TPSA) is 345 Å². The lowest BCUT2D eigenvalue weighted by Gasteiger charge is -2.32. The van der Waals surface area contributed by atoms with Gasteiger partial charge in [0.25, 0.3) is 22.2 Å². The molecule has 5 fully saturated rings. The molecule has 0 aromatic carbocycles. The van der Waals surface area contributed by atoms with Crippen LogP contribution in [0.4, 0.5) is 16.2 Å². The van der Waals surface area contributed by atoms with Crippen molar-refractivity contribution in [1.29, 1.82) is 0 Å². The van der Waals surface area contributed by atoms with Gasteiger partial charge in [-0.2, -0.15) is 0 Å². The number of pyridine rings is 4. The zero-order chi connectivity index (χ0) is 70.5. The quantitative estimate of drug-likeness (QED) is 0.0629. The number of nitrogen functional groups attached to an aromatic ring is 1. The molecule has 0 saturated heterocycles. The summed E-state index contributed by atoms with van der Waals surface area (Å²) in [5, 5.41) is 11.5. The number of carbonyl (C=O) groups is 4. The number of carboxylic acids is 1. The number of aromatic nitrogens is 4. The molecule has 530 valence electrons. The van der Waals surface area contributed by atoms with Crippen molar-refractivity contribution >= 4 is 35.4 Å². The molecule has 5 aliphatic carbocycles. The number of nitrogens with two attached hydrogens (primary N) is 2. The van der Waals surface area contributed by atoms with Crippen molar-refractivity contribution in [1.82, 2.24) is 18.3 Å². The van der Waals surface area contributed by atoms with Crippen LogP contribution in [0.15, 0.2) is 120 Å². The smallest absolute Gasteiger partial charge is 0.412 e. The lowest BCUT2D eigenvalue weighted by molar-refractivity contribution is 0.0274. The molecule has 1 amide bonds. The van der Waals surface area contributed by atoms with Crippen LogP contribution >= 0.6 is 0 Å². The number of nitrogens with zero attached hydrogens (tertiary/aromatic N) is 4. The third kappa shape index (κ3) is 22.8. The van der Waals surface area contributed by atoms with E-state index in [1.54, 1.807) is 125 Å². The Morgan fingerprint density at radius 1 is 0.469 bits per heavy atom. The van der Waals surface area contributed by atoms with Crippen LogP contribution in [-0.2, 0) is 37.9 Å². The van der Waals surface area contributed by atoms with Gasteiger partial charge in [0.05, 0.1) is 80.9 Å². The molecule has 96 heavy (non-hydrogen) atoms. The molecule has 6 N–H and O–H groups in total. The van der Waals surface area contributed by atoms with Gasteiger partial charge in [0.2, 0.25) is 0 Å². The summed E-state index contributed by atoms with van der Waals surface area (Å²) in [6, 6.07) is 16.1. The van der Waals surface area contributed by atoms with Crippen LogP contribution in [0, 0.1) is 0 Å². The number of aromatic carboxylic acids is 1. The Balaban J connectivity index is 0.000000213. The average molecular weight is 1340 g/mol. The van der Waals surface area contributed by atoms with Gasteiger partial charge in [-0.15, -0.1) is 0 Å². The zero-order valence-electron chi connectivity index (χ0n) is 57.3. The number of esters is 2. The van der Waals surface area contributed by atoms with E-state index < -0.39 is 40.8 Å². The molecule has 5 saturated carbocycles. The summed E-state index contributed by atoms with van der Waals surface area (Å²) >= 11 is 0. The molecular formula is C70H101N7O19. The molecule has 0 unspecified atom stereocenters. The van der Waals surface area contributed by atoms with Gasteiger partial charge in [-0.05, 0) is 146 Å². The summed E-state index contributed by atoms with van der Waals surface area (Å²) in [6.07, 6.45) is 29.1. The Hall–Kier alpha value is -8.01. The maximum absolute atomic E-state index is 12.7. The molecule has 5 aromatic heterocycles. The van der Waals surface area contributed by atoms with Gasteiger partial charge in [0.1, 0.15) is 28.0 Å². The summed E-state index contributed by atoms with van der Waals surface area (Å²) < 4.78 is 52.1. The molecular weight excluding hydrogens is 1240 g/mol. The predicted octanol–water partition coefficient (Wildman–Crippen LogP) is 9.66. The second-order valence-electron chi connectivity index (χ2n) is 25.0. The molecule has 10 rings (SSSR count). The van der Waals surface area contributed by atoms with Crippen LogP contribution in [0.5, 0.6) is 0 Å². The van der Waals surface area contributed by atoms with Crippen molar-refractivity contribution in [3.8, 4) is 0 Å². The number of carbonyl (C=O) groups excluding carboxylic acids is 3. The van der Waals surface area contributed by atoms with Gasteiger partial charge >= 0.3 is 29.6 Å². The van der Waals surface area contributed by atoms with E-state index >= 15 is 0 Å². The molecule has 26 heteroatoms. The van der Waals surface area contributed by atoms with Crippen molar-refractivity contribution in [2.45, 2.75) is 216 Å². The largest absolute Gasteiger partial charge is 0.477 e. The van der Waals surface area contributed by atoms with Crippen molar-refractivity contribution < 1.29 is 66.6 Å². The van der Waals surface area contributed by atoms with Gasteiger partial charge < -0.3 is 77.2 Å². The van der Waals surface area contributed by atoms with E-state index in [-0.39, 0.29) is 87.6 Å². The first-order valence-electron chi connectivity index (χ1n) is 33.0. The standard InChI is InChI=1S/C17H26N2O4.C14H19NO4.C13H17NO4.C12H18N2O2.C7H15NO.C7H6O4/c1-17(2,3)23-16(21)18-12-8-7-11-19(15(12)20)13-9-5-6-10-14(13)22-4;1-18-12-8-4-3-7-11(12)15-9-5-6-10(13(15)16)14(17)19-2;1-18-11-7-3-2-6-10(11)14-8-4-5-9(12(14)15)13(16)17;1-16-11-7-3-2-6-10(11)14-8-4-5-9(13)12(14)15;1-9-7-5-3-2-4-6(7)8;1-10-6(8)5-3-2-4-11-7(5)9/h7-8,11,13-14H,5-6,9-10H2,1-4H3,(H,18,21);5-6,9,11-12H,3-4,7-8H2,1-2H3;4-5,8,10-11H,2-3,6-7H2,1H3,(H,16,17);4-5,8,10-11H,2-3,6-7,13H2,1H3;6-7H,2-5,8H2,1H3;2-4H,1H3/t13-,14+;11-,12+;2*10-,11+;6-,7+;/m11111./s1. The summed E-state index contributed by atoms with van der Waals surface area (Å²) in [4.78, 5) is 105. The van der Waals surface area contributed by atoms with Gasteiger partial charge in [-0.1, -0.05) is 64.2 Å². The fourth-order valence-electron chi connectivity index (χ4n) is 12.8. The van der Waals surface area contributed by atoms with Crippen LogP contribution in [0.1, 0.15) is 204 Å². The fraction of sp³-hybridized carbons (Fsp3) is 0.586. The fourth-order valence-corrected chi connectivity index (χ4v) is 12.8. The summed E-state index contributed by atoms with van der Waals surface area (Å²) in [6.45, 7) is 5.34. The molecule has 0 bridgehead atoms. The normalized spacial score (nSPS) is 23.0. The predicted molar refractivity (Wildman–Crippen MR) is 362 cm³/mol. The van der Waals surface area contributed by atoms with Gasteiger partial charge in [-0.25, -0.2) is 24.0 Å². The van der Waals surface area contributed by atoms with Crippen molar-refractivity contribution in [3.63, 3.8) is 0 Å². The first-order chi connectivity index (χ1) is 46.0. The van der Waals surface area contributed by atoms with Crippen LogP contribution in [0.3, 0.4) is 0 Å². The summed E-state index contributed by atoms with van der Waals surface area (Å²) in [5.41, 5.74) is 9.37. The number of hydrogen-bond acceptors (Lipinski definition) is 20. The van der Waals surface area contributed by atoms with Gasteiger partial charge in [0.15, 0.2) is 0 Å². The van der Waals surface area contributed by atoms with Crippen LogP contribution in [-0.4, -0.2) is 139 Å². The number of ether oxygens (including phenoxy) is 8. The van der Waals surface area contributed by atoms with Crippen LogP contribution in [0.25, 0.3) is 0 Å². The summed E-state index contributed by atoms with van der Waals surface area (Å²) in [5.74, 6) is -2.46. The minimum atomic E-state index is -1.18. The van der Waals surface area contributed by atoms with E-state index in [1.165, 1.54) is 68.6 Å². The monoisotopic (exact) mass is 1340 g/mol. The molecule has 10 atom stereocenters. The lowest BCUT2D eigenvalue weighted by atomic mass is 9.92. The van der Waals surface area contributed by atoms with E-state index in [0.717, 1.165) is 109 Å². The lowest BCUT2D eigenvalue weighted by Crippen LogP contribution is -2.38. The molecule has 5 aliphatic rings. The maximum atomic E-state index is 12.7. The first-order valence-corrected chi connectivity index (χ1v) is 33.0. The van der Waals surface area contributed by atoms with E-state index in [1.807, 2.05) is 6.07 Å². The highest BCUT2D eigenvalue weighted by molar-refractivity contribution is 5.89. The van der Waals surface area contributed by atoms with Crippen molar-refractivity contribution in [2.24, 2.45) is 5.73 Å². The van der Waals surface area contributed by atoms with Gasteiger partial charge in [-0.3, -0.25) is 24.5 Å². The first kappa shape index (κ1) is 78.7. The van der Waals surface area contributed by atoms with E-state index in [0.29, 0.717) is 17.8 Å². The number of anilines is 2. The minimum absolute atomic E-state index is 0.00152. The molecule has 5 heterocycles. The number of rotatable bonds is 13. The SMILES string of the molecule is COC(=O)c1cccn([C@@H]2CCCC[C@@H]2OC)c1=O.COC(=O)c1cccoc1=O.CO[C@H]1CCCC[C@H]1N.CO[C@H]1CCCC[C@H]1n1cccc(C(=O)O)c1=O.CO[C@H]1CCCC[C@H]1n1cccc(N)c1=O.CO[C@H]1CCCC[C@H]1n1cccc(NC(=O)OC(C)(C)C)c1=O. The Kier molecular flexibility index (Phi) is 32.7. The van der Waals surface area contributed by atoms with E-state index in [9.17, 15) is 43.2 Å². The van der Waals surface area contributed by atoms with Crippen molar-refractivity contribution in [2.75, 3.05) is 60.8 Å². The number of nitrogens with one attached hydrogen (secondary N) is 1. The summed E-state index contributed by atoms with van der Waals surface area (Å²) in [7, 11) is 10.9. The Bertz CT molecular complexity index is 3560. The highest BCUT2D eigenvalue weighted by Crippen LogP contribution is 2.33. The van der Waals surface area contributed by atoms with Crippen LogP contribution in [0.2, 0.25) is 0 Å². The van der Waals surface area contributed by atoms with E-state index in [2.05, 4.69) is 19.2 Å². The third-order valence-electron chi connectivity index (χ3n) is 17.7. The molecule has 0 radical (unpaired) electrons. The average Bonchev–Trinajstić information content (AvgIpc) is 0.847. The van der Waals surface area contributed by atoms with Crippen LogP contribution < -0.4 is 44.6 Å².